The van der Waals surface area contributed by atoms with E-state index in [0.717, 1.165) is 19.6 Å². The molecule has 0 aliphatic carbocycles. The van der Waals surface area contributed by atoms with Crippen molar-refractivity contribution >= 4 is 17.4 Å². The molecule has 1 fully saturated rings. The molecule has 1 heterocycles. The lowest BCUT2D eigenvalue weighted by Gasteiger charge is -2.39. The third-order valence-electron chi connectivity index (χ3n) is 3.85. The quantitative estimate of drug-likeness (QED) is 0.900. The number of nitrogens with one attached hydrogen (secondary N) is 1. The highest BCUT2D eigenvalue weighted by Gasteiger charge is 2.27. The van der Waals surface area contributed by atoms with Gasteiger partial charge in [-0.05, 0) is 58.7 Å². The van der Waals surface area contributed by atoms with Crippen LogP contribution in [-0.2, 0) is 6.54 Å². The van der Waals surface area contributed by atoms with E-state index in [1.807, 2.05) is 0 Å². The Morgan fingerprint density at radius 3 is 2.57 bits per heavy atom. The van der Waals surface area contributed by atoms with E-state index in [1.54, 1.807) is 0 Å². The molecule has 0 saturated carbocycles. The summed E-state index contributed by atoms with van der Waals surface area (Å²) in [6.07, 6.45) is 0. The summed E-state index contributed by atoms with van der Waals surface area (Å²) < 4.78 is 0.358. The van der Waals surface area contributed by atoms with Crippen molar-refractivity contribution < 1.29 is 0 Å². The fraction of sp³-hybridized carbons (Fsp3) is 0.667. The first-order valence-electron chi connectivity index (χ1n) is 7.90. The number of rotatable bonds is 3. The molecule has 1 aliphatic heterocycles. The highest BCUT2D eigenvalue weighted by molar-refractivity contribution is 8.00. The molecule has 1 saturated heterocycles. The minimum atomic E-state index is 0.167. The molecule has 0 aromatic heterocycles. The fourth-order valence-electron chi connectivity index (χ4n) is 2.77. The van der Waals surface area contributed by atoms with Gasteiger partial charge in [-0.3, -0.25) is 0 Å². The second-order valence-electron chi connectivity index (χ2n) is 7.75. The van der Waals surface area contributed by atoms with E-state index in [-0.39, 0.29) is 5.54 Å². The third kappa shape index (κ3) is 4.93. The summed E-state index contributed by atoms with van der Waals surface area (Å²) in [5, 5.41) is 3.56. The largest absolute Gasteiger partial charge is 0.369 e. The molecule has 2 nitrogen and oxygen atoms in total. The van der Waals surface area contributed by atoms with Crippen LogP contribution in [-0.4, -0.2) is 29.1 Å². The average molecular weight is 307 g/mol. The number of benzene rings is 1. The zero-order valence-electron chi connectivity index (χ0n) is 14.4. The first kappa shape index (κ1) is 16.7. The van der Waals surface area contributed by atoms with Crippen molar-refractivity contribution in [1.82, 2.24) is 5.32 Å². The summed E-state index contributed by atoms with van der Waals surface area (Å²) >= 11 is 2.09. The normalized spacial score (nSPS) is 18.9. The Balaban J connectivity index is 2.09. The van der Waals surface area contributed by atoms with Gasteiger partial charge in [0.15, 0.2) is 0 Å². The van der Waals surface area contributed by atoms with Gasteiger partial charge in [-0.15, -0.1) is 0 Å². The van der Waals surface area contributed by atoms with Crippen LogP contribution in [0.4, 0.5) is 5.69 Å². The molecule has 1 aromatic carbocycles. The maximum Gasteiger partial charge on any atom is 0.0396 e. The van der Waals surface area contributed by atoms with Crippen LogP contribution in [0.3, 0.4) is 0 Å². The Morgan fingerprint density at radius 1 is 1.29 bits per heavy atom. The Hall–Kier alpha value is -0.670. The smallest absolute Gasteiger partial charge is 0.0396 e. The van der Waals surface area contributed by atoms with Gasteiger partial charge in [0.25, 0.3) is 0 Å². The van der Waals surface area contributed by atoms with Crippen molar-refractivity contribution in [3.8, 4) is 0 Å². The predicted molar refractivity (Wildman–Crippen MR) is 96.5 cm³/mol. The SMILES string of the molecule is Cc1cc(CNC(C)(C)C)ccc1N1CCSC(C)(C)C1. The minimum absolute atomic E-state index is 0.167. The van der Waals surface area contributed by atoms with Crippen LogP contribution in [0.2, 0.25) is 0 Å². The van der Waals surface area contributed by atoms with Crippen LogP contribution in [0.5, 0.6) is 0 Å². The molecule has 0 bridgehead atoms. The zero-order valence-corrected chi connectivity index (χ0v) is 15.2. The Morgan fingerprint density at radius 2 is 2.00 bits per heavy atom. The number of thioether (sulfide) groups is 1. The van der Waals surface area contributed by atoms with E-state index < -0.39 is 0 Å². The molecular formula is C18H30N2S. The van der Waals surface area contributed by atoms with Gasteiger partial charge in [0.2, 0.25) is 0 Å². The predicted octanol–water partition coefficient (Wildman–Crippen LogP) is 4.21. The molecule has 0 radical (unpaired) electrons. The van der Waals surface area contributed by atoms with E-state index in [2.05, 4.69) is 81.7 Å². The van der Waals surface area contributed by atoms with E-state index in [4.69, 9.17) is 0 Å². The maximum absolute atomic E-state index is 3.56. The average Bonchev–Trinajstić information content (AvgIpc) is 2.34. The standard InChI is InChI=1S/C18H30N2S/c1-14-11-15(12-19-17(2,3)4)7-8-16(14)20-9-10-21-18(5,6)13-20/h7-8,11,19H,9-10,12-13H2,1-6H3. The summed E-state index contributed by atoms with van der Waals surface area (Å²) in [5.41, 5.74) is 4.34. The summed E-state index contributed by atoms with van der Waals surface area (Å²) in [6.45, 7) is 16.8. The topological polar surface area (TPSA) is 15.3 Å². The molecule has 118 valence electrons. The van der Waals surface area contributed by atoms with E-state index in [1.165, 1.54) is 22.6 Å². The third-order valence-corrected chi connectivity index (χ3v) is 5.15. The molecular weight excluding hydrogens is 276 g/mol. The fourth-order valence-corrected chi connectivity index (χ4v) is 3.88. The van der Waals surface area contributed by atoms with Gasteiger partial charge in [0.1, 0.15) is 0 Å². The zero-order chi connectivity index (χ0) is 15.7. The molecule has 0 spiro atoms. The van der Waals surface area contributed by atoms with Crippen LogP contribution >= 0.6 is 11.8 Å². The Kier molecular flexibility index (Phi) is 4.94. The van der Waals surface area contributed by atoms with Crippen molar-refractivity contribution in [3.63, 3.8) is 0 Å². The van der Waals surface area contributed by atoms with Crippen LogP contribution in [0, 0.1) is 6.92 Å². The molecule has 0 amide bonds. The molecule has 1 N–H and O–H groups in total. The number of nitrogens with zero attached hydrogens (tertiary/aromatic N) is 1. The van der Waals surface area contributed by atoms with Gasteiger partial charge < -0.3 is 10.2 Å². The first-order valence-corrected chi connectivity index (χ1v) is 8.88. The molecule has 1 aliphatic rings. The van der Waals surface area contributed by atoms with Crippen LogP contribution in [0.15, 0.2) is 18.2 Å². The van der Waals surface area contributed by atoms with Gasteiger partial charge in [-0.25, -0.2) is 0 Å². The number of aryl methyl sites for hydroxylation is 1. The summed E-state index contributed by atoms with van der Waals surface area (Å²) in [6, 6.07) is 6.92. The summed E-state index contributed by atoms with van der Waals surface area (Å²) in [7, 11) is 0. The van der Waals surface area contributed by atoms with Gasteiger partial charge in [0.05, 0.1) is 0 Å². The van der Waals surface area contributed by atoms with E-state index in [9.17, 15) is 0 Å². The van der Waals surface area contributed by atoms with Gasteiger partial charge >= 0.3 is 0 Å². The van der Waals surface area contributed by atoms with Gasteiger partial charge in [0, 0.05) is 41.4 Å². The molecule has 3 heteroatoms. The summed E-state index contributed by atoms with van der Waals surface area (Å²) in [4.78, 5) is 2.55. The Labute approximate surface area is 134 Å². The lowest BCUT2D eigenvalue weighted by Crippen LogP contribution is -2.43. The Bertz CT molecular complexity index is 488. The van der Waals surface area contributed by atoms with Crippen molar-refractivity contribution in [3.05, 3.63) is 29.3 Å². The highest BCUT2D eigenvalue weighted by atomic mass is 32.2. The molecule has 0 atom stereocenters. The number of anilines is 1. The second-order valence-corrected chi connectivity index (χ2v) is 9.56. The van der Waals surface area contributed by atoms with E-state index in [0.29, 0.717) is 4.75 Å². The highest BCUT2D eigenvalue weighted by Crippen LogP contribution is 2.33. The van der Waals surface area contributed by atoms with Crippen molar-refractivity contribution in [2.45, 2.75) is 58.4 Å². The van der Waals surface area contributed by atoms with Crippen LogP contribution in [0.25, 0.3) is 0 Å². The molecule has 2 rings (SSSR count). The lowest BCUT2D eigenvalue weighted by molar-refractivity contribution is 0.424. The lowest BCUT2D eigenvalue weighted by atomic mass is 10.0. The van der Waals surface area contributed by atoms with Crippen LogP contribution < -0.4 is 10.2 Å². The van der Waals surface area contributed by atoms with Gasteiger partial charge in [-0.2, -0.15) is 11.8 Å². The maximum atomic E-state index is 3.56. The monoisotopic (exact) mass is 306 g/mol. The molecule has 0 unspecified atom stereocenters. The number of hydrogen-bond acceptors (Lipinski definition) is 3. The first-order chi connectivity index (χ1) is 9.66. The minimum Gasteiger partial charge on any atom is -0.369 e. The van der Waals surface area contributed by atoms with Crippen LogP contribution in [0.1, 0.15) is 45.7 Å². The second kappa shape index (κ2) is 6.21. The van der Waals surface area contributed by atoms with Crippen molar-refractivity contribution in [2.24, 2.45) is 0 Å². The van der Waals surface area contributed by atoms with E-state index >= 15 is 0 Å². The molecule has 1 aromatic rings. The number of hydrogen-bond donors (Lipinski definition) is 1. The molecule has 21 heavy (non-hydrogen) atoms. The van der Waals surface area contributed by atoms with Gasteiger partial charge in [-0.1, -0.05) is 12.1 Å². The van der Waals surface area contributed by atoms with Crippen molar-refractivity contribution in [2.75, 3.05) is 23.7 Å². The van der Waals surface area contributed by atoms with Crippen molar-refractivity contribution in [1.29, 1.82) is 0 Å². The summed E-state index contributed by atoms with van der Waals surface area (Å²) in [5.74, 6) is 1.22.